The molecule has 0 aliphatic heterocycles. The van der Waals surface area contributed by atoms with Crippen molar-refractivity contribution in [2.24, 2.45) is 0 Å². The summed E-state index contributed by atoms with van der Waals surface area (Å²) >= 11 is 1.43. The van der Waals surface area contributed by atoms with Crippen LogP contribution in [-0.2, 0) is 0 Å². The number of aromatic nitrogens is 1. The summed E-state index contributed by atoms with van der Waals surface area (Å²) in [6, 6.07) is 15.0. The fourth-order valence-corrected chi connectivity index (χ4v) is 4.16. The molecule has 0 radical (unpaired) electrons. The molecular weight excluding hydrogens is 401 g/mol. The van der Waals surface area contributed by atoms with E-state index in [-0.39, 0.29) is 17.5 Å². The van der Waals surface area contributed by atoms with Crippen LogP contribution in [0.15, 0.2) is 71.5 Å². The van der Waals surface area contributed by atoms with E-state index in [1.165, 1.54) is 23.7 Å². The average molecular weight is 421 g/mol. The van der Waals surface area contributed by atoms with Gasteiger partial charge >= 0.3 is 0 Å². The highest BCUT2D eigenvalue weighted by atomic mass is 32.1. The molecule has 30 heavy (non-hydrogen) atoms. The van der Waals surface area contributed by atoms with Gasteiger partial charge in [0.25, 0.3) is 5.91 Å². The summed E-state index contributed by atoms with van der Waals surface area (Å²) in [4.78, 5) is 17.9. The third-order valence-electron chi connectivity index (χ3n) is 4.59. The number of halogens is 1. The van der Waals surface area contributed by atoms with Crippen LogP contribution in [0, 0.1) is 19.7 Å². The minimum Gasteiger partial charge on any atom is -0.459 e. The molecule has 1 unspecified atom stereocenters. The van der Waals surface area contributed by atoms with Crippen LogP contribution in [-0.4, -0.2) is 10.9 Å². The van der Waals surface area contributed by atoms with Gasteiger partial charge < -0.3 is 15.1 Å². The lowest BCUT2D eigenvalue weighted by Crippen LogP contribution is -2.17. The quantitative estimate of drug-likeness (QED) is 0.404. The maximum atomic E-state index is 14.8. The molecule has 7 heteroatoms. The van der Waals surface area contributed by atoms with Gasteiger partial charge in [0.1, 0.15) is 16.6 Å². The van der Waals surface area contributed by atoms with Crippen molar-refractivity contribution in [3.8, 4) is 0 Å². The number of aryl methyl sites for hydroxylation is 2. The molecule has 0 saturated carbocycles. The van der Waals surface area contributed by atoms with E-state index in [0.717, 1.165) is 16.0 Å². The first-order chi connectivity index (χ1) is 14.5. The van der Waals surface area contributed by atoms with Gasteiger partial charge in [-0.2, -0.15) is 0 Å². The number of pyridine rings is 1. The van der Waals surface area contributed by atoms with Gasteiger partial charge in [-0.05, 0) is 55.8 Å². The molecule has 0 aliphatic carbocycles. The van der Waals surface area contributed by atoms with Crippen molar-refractivity contribution in [2.75, 3.05) is 10.6 Å². The maximum Gasteiger partial charge on any atom is 0.291 e. The highest BCUT2D eigenvalue weighted by Gasteiger charge is 2.24. The summed E-state index contributed by atoms with van der Waals surface area (Å²) in [5.74, 6) is 0.136. The number of nitrogens with zero attached hydrogens (tertiary/aromatic N) is 1. The number of benzene rings is 1. The Hall–Kier alpha value is -3.45. The van der Waals surface area contributed by atoms with Gasteiger partial charge in [-0.25, -0.2) is 9.37 Å². The van der Waals surface area contributed by atoms with Crippen LogP contribution < -0.4 is 10.6 Å². The Morgan fingerprint density at radius 2 is 1.93 bits per heavy atom. The van der Waals surface area contributed by atoms with Crippen molar-refractivity contribution in [3.05, 3.63) is 100 Å². The third-order valence-corrected chi connectivity index (χ3v) is 5.57. The van der Waals surface area contributed by atoms with Gasteiger partial charge in [-0.15, -0.1) is 11.3 Å². The van der Waals surface area contributed by atoms with E-state index in [2.05, 4.69) is 15.6 Å². The molecule has 1 amide bonds. The predicted molar refractivity (Wildman–Crippen MR) is 117 cm³/mol. The second kappa shape index (κ2) is 8.51. The van der Waals surface area contributed by atoms with Crippen molar-refractivity contribution in [3.63, 3.8) is 0 Å². The summed E-state index contributed by atoms with van der Waals surface area (Å²) in [6.07, 6.45) is 3.15. The number of carbonyl (C=O) groups is 1. The van der Waals surface area contributed by atoms with Crippen LogP contribution in [0.2, 0.25) is 0 Å². The summed E-state index contributed by atoms with van der Waals surface area (Å²) in [5, 5.41) is 6.87. The average Bonchev–Trinajstić information content (AvgIpc) is 3.37. The summed E-state index contributed by atoms with van der Waals surface area (Å²) in [6.45, 7) is 3.91. The molecule has 5 nitrogen and oxygen atoms in total. The Morgan fingerprint density at radius 3 is 2.67 bits per heavy atom. The number of hydrogen-bond acceptors (Lipinski definition) is 5. The van der Waals surface area contributed by atoms with Crippen molar-refractivity contribution in [2.45, 2.75) is 19.9 Å². The molecule has 0 bridgehead atoms. The zero-order valence-corrected chi connectivity index (χ0v) is 17.3. The van der Waals surface area contributed by atoms with E-state index in [1.807, 2.05) is 32.0 Å². The van der Waals surface area contributed by atoms with Crippen LogP contribution in [0.1, 0.15) is 38.2 Å². The minimum atomic E-state index is -0.544. The molecule has 3 heterocycles. The van der Waals surface area contributed by atoms with E-state index in [0.29, 0.717) is 16.4 Å². The van der Waals surface area contributed by atoms with Crippen molar-refractivity contribution in [1.82, 2.24) is 4.98 Å². The highest BCUT2D eigenvalue weighted by molar-refractivity contribution is 7.16. The lowest BCUT2D eigenvalue weighted by atomic mass is 9.99. The fraction of sp³-hybridized carbons (Fsp3) is 0.130. The number of anilines is 2. The number of amides is 1. The molecule has 152 valence electrons. The molecule has 2 N–H and O–H groups in total. The molecule has 1 atom stereocenters. The van der Waals surface area contributed by atoms with Crippen molar-refractivity contribution < 1.29 is 13.6 Å². The Morgan fingerprint density at radius 1 is 1.10 bits per heavy atom. The van der Waals surface area contributed by atoms with Crippen LogP contribution in [0.5, 0.6) is 0 Å². The molecule has 0 saturated heterocycles. The summed E-state index contributed by atoms with van der Waals surface area (Å²) < 4.78 is 20.0. The normalized spacial score (nSPS) is 11.8. The van der Waals surface area contributed by atoms with Crippen LogP contribution in [0.4, 0.5) is 15.2 Å². The van der Waals surface area contributed by atoms with Gasteiger partial charge in [0.2, 0.25) is 0 Å². The highest BCUT2D eigenvalue weighted by Crippen LogP contribution is 2.38. The van der Waals surface area contributed by atoms with Gasteiger partial charge in [-0.3, -0.25) is 4.79 Å². The van der Waals surface area contributed by atoms with Crippen molar-refractivity contribution in [1.29, 1.82) is 0 Å². The first kappa shape index (κ1) is 19.8. The number of furan rings is 1. The minimum absolute atomic E-state index is 0.211. The van der Waals surface area contributed by atoms with Crippen LogP contribution in [0.3, 0.4) is 0 Å². The zero-order valence-electron chi connectivity index (χ0n) is 16.5. The third kappa shape index (κ3) is 4.26. The van der Waals surface area contributed by atoms with E-state index >= 15 is 0 Å². The largest absolute Gasteiger partial charge is 0.459 e. The van der Waals surface area contributed by atoms with Crippen LogP contribution in [0.25, 0.3) is 0 Å². The Balaban J connectivity index is 1.75. The Kier molecular flexibility index (Phi) is 5.63. The van der Waals surface area contributed by atoms with Gasteiger partial charge in [0, 0.05) is 22.2 Å². The van der Waals surface area contributed by atoms with Crippen LogP contribution >= 0.6 is 11.3 Å². The van der Waals surface area contributed by atoms with E-state index < -0.39 is 6.04 Å². The number of nitrogens with one attached hydrogen (secondary N) is 2. The molecule has 0 fully saturated rings. The first-order valence-corrected chi connectivity index (χ1v) is 10.2. The smallest absolute Gasteiger partial charge is 0.291 e. The number of rotatable bonds is 6. The second-order valence-corrected chi connectivity index (χ2v) is 8.15. The monoisotopic (exact) mass is 421 g/mol. The zero-order chi connectivity index (χ0) is 21.1. The Bertz CT molecular complexity index is 1170. The molecule has 4 rings (SSSR count). The molecule has 0 aliphatic rings. The summed E-state index contributed by atoms with van der Waals surface area (Å²) in [5.41, 5.74) is 2.26. The topological polar surface area (TPSA) is 67.2 Å². The van der Waals surface area contributed by atoms with E-state index in [4.69, 9.17) is 4.42 Å². The molecular formula is C23H20FN3O2S. The van der Waals surface area contributed by atoms with Gasteiger partial charge in [0.05, 0.1) is 12.3 Å². The fourth-order valence-electron chi connectivity index (χ4n) is 3.21. The van der Waals surface area contributed by atoms with Crippen molar-refractivity contribution >= 4 is 28.1 Å². The van der Waals surface area contributed by atoms with Gasteiger partial charge in [-0.1, -0.05) is 18.2 Å². The maximum absolute atomic E-state index is 14.8. The molecule has 0 spiro atoms. The molecule has 1 aromatic carbocycles. The Labute approximate surface area is 177 Å². The standard InChI is InChI=1S/C23H20FN3O2S/c1-14-9-10-25-20(12-14)26-21(16-6-3-4-7-18(16)24)17-13-15(2)30-23(17)27-22(28)19-8-5-11-29-19/h3-13,21H,1-2H3,(H,25,26)(H,27,28). The van der Waals surface area contributed by atoms with E-state index in [9.17, 15) is 9.18 Å². The lowest BCUT2D eigenvalue weighted by molar-refractivity contribution is 0.0997. The predicted octanol–water partition coefficient (Wildman–Crippen LogP) is 5.95. The number of thiophene rings is 1. The first-order valence-electron chi connectivity index (χ1n) is 9.40. The summed E-state index contributed by atoms with van der Waals surface area (Å²) in [7, 11) is 0. The van der Waals surface area contributed by atoms with Gasteiger partial charge in [0.15, 0.2) is 5.76 Å². The molecule has 4 aromatic rings. The second-order valence-electron chi connectivity index (χ2n) is 6.89. The number of hydrogen-bond donors (Lipinski definition) is 2. The lowest BCUT2D eigenvalue weighted by Gasteiger charge is -2.21. The number of carbonyl (C=O) groups excluding carboxylic acids is 1. The molecule has 3 aromatic heterocycles. The SMILES string of the molecule is Cc1ccnc(NC(c2ccccc2F)c2cc(C)sc2NC(=O)c2ccco2)c1. The van der Waals surface area contributed by atoms with E-state index in [1.54, 1.807) is 36.5 Å².